The van der Waals surface area contributed by atoms with E-state index in [0.29, 0.717) is 28.4 Å². The van der Waals surface area contributed by atoms with Gasteiger partial charge in [0.25, 0.3) is 5.91 Å². The Kier molecular flexibility index (Phi) is 6.45. The molecule has 0 N–H and O–H groups in total. The van der Waals surface area contributed by atoms with E-state index in [1.807, 2.05) is 36.4 Å². The Morgan fingerprint density at radius 3 is 2.25 bits per heavy atom. The van der Waals surface area contributed by atoms with Gasteiger partial charge in [0.1, 0.15) is 5.75 Å². The molecule has 0 aliphatic heterocycles. The molecule has 0 unspecified atom stereocenters. The van der Waals surface area contributed by atoms with Crippen molar-refractivity contribution in [2.45, 2.75) is 6.54 Å². The summed E-state index contributed by atoms with van der Waals surface area (Å²) >= 11 is 5.97. The van der Waals surface area contributed by atoms with E-state index in [2.05, 4.69) is 0 Å². The highest BCUT2D eigenvalue weighted by Gasteiger charge is 2.12. The summed E-state index contributed by atoms with van der Waals surface area (Å²) in [6.45, 7) is 0.371. The first kappa shape index (κ1) is 19.6. The summed E-state index contributed by atoms with van der Waals surface area (Å²) in [7, 11) is 1.72. The van der Waals surface area contributed by atoms with Crippen molar-refractivity contribution in [3.05, 3.63) is 101 Å². The third-order valence-corrected chi connectivity index (χ3v) is 4.48. The van der Waals surface area contributed by atoms with Crippen molar-refractivity contribution < 1.29 is 14.3 Å². The summed E-state index contributed by atoms with van der Waals surface area (Å²) in [5.41, 5.74) is 2.16. The molecule has 0 spiro atoms. The van der Waals surface area contributed by atoms with Crippen LogP contribution in [0.2, 0.25) is 5.02 Å². The summed E-state index contributed by atoms with van der Waals surface area (Å²) in [5, 5.41) is 0.639. The monoisotopic (exact) mass is 393 g/mol. The highest BCUT2D eigenvalue weighted by molar-refractivity contribution is 6.30. The van der Waals surface area contributed by atoms with Crippen LogP contribution >= 0.6 is 11.6 Å². The molecule has 0 aliphatic rings. The first-order valence-electron chi connectivity index (χ1n) is 8.84. The number of benzene rings is 3. The Balaban J connectivity index is 1.54. The second-order valence-electron chi connectivity index (χ2n) is 6.39. The molecule has 0 aromatic heterocycles. The van der Waals surface area contributed by atoms with Gasteiger partial charge in [-0.25, -0.2) is 0 Å². The molecule has 3 aromatic carbocycles. The maximum atomic E-state index is 12.4. The van der Waals surface area contributed by atoms with Crippen LogP contribution in [0.25, 0.3) is 0 Å². The Morgan fingerprint density at radius 2 is 1.57 bits per heavy atom. The average molecular weight is 394 g/mol. The van der Waals surface area contributed by atoms with Gasteiger partial charge in [-0.1, -0.05) is 54.1 Å². The minimum absolute atomic E-state index is 0.0514. The van der Waals surface area contributed by atoms with Crippen LogP contribution in [0.3, 0.4) is 0 Å². The number of amides is 1. The molecule has 0 atom stereocenters. The van der Waals surface area contributed by atoms with Gasteiger partial charge < -0.3 is 9.64 Å². The van der Waals surface area contributed by atoms with Gasteiger partial charge >= 0.3 is 0 Å². The average Bonchev–Trinajstić information content (AvgIpc) is 2.72. The van der Waals surface area contributed by atoms with E-state index < -0.39 is 0 Å². The topological polar surface area (TPSA) is 46.6 Å². The number of nitrogens with zero attached hydrogens (tertiary/aromatic N) is 1. The van der Waals surface area contributed by atoms with Crippen LogP contribution < -0.4 is 4.74 Å². The molecule has 1 amide bonds. The fourth-order valence-corrected chi connectivity index (χ4v) is 2.92. The van der Waals surface area contributed by atoms with Crippen molar-refractivity contribution >= 4 is 23.3 Å². The van der Waals surface area contributed by atoms with Gasteiger partial charge in [-0.05, 0) is 42.0 Å². The van der Waals surface area contributed by atoms with E-state index in [9.17, 15) is 9.59 Å². The van der Waals surface area contributed by atoms with Gasteiger partial charge in [0.15, 0.2) is 12.4 Å². The molecule has 0 radical (unpaired) electrons. The van der Waals surface area contributed by atoms with Crippen LogP contribution in [-0.4, -0.2) is 30.2 Å². The maximum absolute atomic E-state index is 12.4. The molecule has 5 heteroatoms. The zero-order chi connectivity index (χ0) is 19.9. The predicted octanol–water partition coefficient (Wildman–Crippen LogP) is 4.61. The molecular weight excluding hydrogens is 374 g/mol. The summed E-state index contributed by atoms with van der Waals surface area (Å²) < 4.78 is 5.56. The van der Waals surface area contributed by atoms with Crippen LogP contribution in [-0.2, 0) is 11.3 Å². The molecule has 4 nitrogen and oxygen atoms in total. The number of likely N-dealkylation sites (N-methyl/N-ethyl adjacent to an activating group) is 1. The lowest BCUT2D eigenvalue weighted by atomic mass is 10.0. The molecule has 0 heterocycles. The second-order valence-corrected chi connectivity index (χ2v) is 6.82. The molecule has 0 fully saturated rings. The van der Waals surface area contributed by atoms with E-state index in [-0.39, 0.29) is 18.3 Å². The Labute approximate surface area is 169 Å². The minimum Gasteiger partial charge on any atom is -0.484 e. The number of hydrogen-bond acceptors (Lipinski definition) is 3. The van der Waals surface area contributed by atoms with E-state index in [1.54, 1.807) is 54.4 Å². The van der Waals surface area contributed by atoms with E-state index >= 15 is 0 Å². The van der Waals surface area contributed by atoms with E-state index in [4.69, 9.17) is 16.3 Å². The van der Waals surface area contributed by atoms with Crippen LogP contribution in [0, 0.1) is 0 Å². The van der Waals surface area contributed by atoms with Crippen molar-refractivity contribution in [1.82, 2.24) is 4.90 Å². The molecule has 0 bridgehead atoms. The molecule has 3 aromatic rings. The molecular formula is C23H20ClNO3. The van der Waals surface area contributed by atoms with Crippen LogP contribution in [0.4, 0.5) is 0 Å². The van der Waals surface area contributed by atoms with Crippen molar-refractivity contribution in [3.8, 4) is 5.75 Å². The summed E-state index contributed by atoms with van der Waals surface area (Å²) in [4.78, 5) is 26.3. The van der Waals surface area contributed by atoms with Gasteiger partial charge in [-0.3, -0.25) is 9.59 Å². The largest absolute Gasteiger partial charge is 0.484 e. The third-order valence-electron chi connectivity index (χ3n) is 4.25. The maximum Gasteiger partial charge on any atom is 0.260 e. The minimum atomic E-state index is -0.149. The van der Waals surface area contributed by atoms with Crippen molar-refractivity contribution in [2.24, 2.45) is 0 Å². The first-order chi connectivity index (χ1) is 13.5. The quantitative estimate of drug-likeness (QED) is 0.551. The number of ether oxygens (including phenoxy) is 1. The zero-order valence-electron chi connectivity index (χ0n) is 15.5. The standard InChI is InChI=1S/C23H20ClNO3/c1-25(15-17-6-5-9-20(24)14-17)22(26)16-28-21-12-10-19(11-13-21)23(27)18-7-3-2-4-8-18/h2-14H,15-16H2,1H3. The number of ketones is 1. The highest BCUT2D eigenvalue weighted by Crippen LogP contribution is 2.16. The summed E-state index contributed by atoms with van der Waals surface area (Å²) in [5.74, 6) is 0.336. The van der Waals surface area contributed by atoms with Crippen molar-refractivity contribution in [1.29, 1.82) is 0 Å². The van der Waals surface area contributed by atoms with Gasteiger partial charge in [0.05, 0.1) is 0 Å². The second kappa shape index (κ2) is 9.20. The number of rotatable bonds is 7. The smallest absolute Gasteiger partial charge is 0.260 e. The molecule has 142 valence electrons. The summed E-state index contributed by atoms with van der Waals surface area (Å²) in [6.07, 6.45) is 0. The van der Waals surface area contributed by atoms with E-state index in [0.717, 1.165) is 5.56 Å². The molecule has 3 rings (SSSR count). The predicted molar refractivity (Wildman–Crippen MR) is 110 cm³/mol. The number of halogens is 1. The fraction of sp³-hybridized carbons (Fsp3) is 0.130. The molecule has 28 heavy (non-hydrogen) atoms. The molecule has 0 aliphatic carbocycles. The van der Waals surface area contributed by atoms with E-state index in [1.165, 1.54) is 0 Å². The highest BCUT2D eigenvalue weighted by atomic mass is 35.5. The van der Waals surface area contributed by atoms with Gasteiger partial charge in [-0.15, -0.1) is 0 Å². The van der Waals surface area contributed by atoms with Crippen molar-refractivity contribution in [2.75, 3.05) is 13.7 Å². The number of hydrogen-bond donors (Lipinski definition) is 0. The number of carbonyl (C=O) groups excluding carboxylic acids is 2. The molecule has 0 saturated heterocycles. The van der Waals surface area contributed by atoms with Crippen LogP contribution in [0.5, 0.6) is 5.75 Å². The Bertz CT molecular complexity index is 955. The lowest BCUT2D eigenvalue weighted by molar-refractivity contribution is -0.132. The van der Waals surface area contributed by atoms with Crippen molar-refractivity contribution in [3.63, 3.8) is 0 Å². The molecule has 0 saturated carbocycles. The fourth-order valence-electron chi connectivity index (χ4n) is 2.71. The lowest BCUT2D eigenvalue weighted by Crippen LogP contribution is -2.30. The first-order valence-corrected chi connectivity index (χ1v) is 9.22. The van der Waals surface area contributed by atoms with Crippen LogP contribution in [0.1, 0.15) is 21.5 Å². The van der Waals surface area contributed by atoms with Crippen LogP contribution in [0.15, 0.2) is 78.9 Å². The van der Waals surface area contributed by atoms with Gasteiger partial charge in [-0.2, -0.15) is 0 Å². The van der Waals surface area contributed by atoms with Gasteiger partial charge in [0.2, 0.25) is 0 Å². The zero-order valence-corrected chi connectivity index (χ0v) is 16.2. The normalized spacial score (nSPS) is 10.4. The SMILES string of the molecule is CN(Cc1cccc(Cl)c1)C(=O)COc1ccc(C(=O)c2ccccc2)cc1. The third kappa shape index (κ3) is 5.21. The Hall–Kier alpha value is -3.11. The number of carbonyl (C=O) groups is 2. The van der Waals surface area contributed by atoms with Gasteiger partial charge in [0, 0.05) is 29.7 Å². The lowest BCUT2D eigenvalue weighted by Gasteiger charge is -2.17. The summed E-state index contributed by atoms with van der Waals surface area (Å²) in [6, 6.07) is 23.3. The Morgan fingerprint density at radius 1 is 0.893 bits per heavy atom.